The summed E-state index contributed by atoms with van der Waals surface area (Å²) in [4.78, 5) is 18.7. The van der Waals surface area contributed by atoms with Crippen molar-refractivity contribution in [1.82, 2.24) is 4.98 Å². The molecule has 4 nitrogen and oxygen atoms in total. The fourth-order valence-electron chi connectivity index (χ4n) is 6.48. The lowest BCUT2D eigenvalue weighted by atomic mass is 9.49. The molecule has 6 rings (SSSR count). The van der Waals surface area contributed by atoms with Crippen molar-refractivity contribution in [2.24, 2.45) is 23.2 Å². The fourth-order valence-corrected chi connectivity index (χ4v) is 7.33. The van der Waals surface area contributed by atoms with E-state index in [0.29, 0.717) is 6.42 Å². The van der Waals surface area contributed by atoms with Gasteiger partial charge in [0, 0.05) is 16.9 Å². The molecule has 0 atom stereocenters. The van der Waals surface area contributed by atoms with Gasteiger partial charge in [0.05, 0.1) is 12.8 Å². The highest BCUT2D eigenvalue weighted by Gasteiger charge is 2.51. The third-order valence-electron chi connectivity index (χ3n) is 7.11. The summed E-state index contributed by atoms with van der Waals surface area (Å²) in [5, 5.41) is 3.83. The van der Waals surface area contributed by atoms with E-state index in [1.54, 1.807) is 18.4 Å². The molecule has 1 aromatic carbocycles. The van der Waals surface area contributed by atoms with Crippen LogP contribution in [0.2, 0.25) is 0 Å². The Kier molecular flexibility index (Phi) is 4.46. The molecular formula is C23H28N2O2S. The zero-order valence-electron chi connectivity index (χ0n) is 16.7. The minimum Gasteiger partial charge on any atom is -0.497 e. The van der Waals surface area contributed by atoms with Gasteiger partial charge in [0.15, 0.2) is 5.13 Å². The Hall–Kier alpha value is -1.88. The van der Waals surface area contributed by atoms with E-state index in [2.05, 4.69) is 12.2 Å². The van der Waals surface area contributed by atoms with Gasteiger partial charge >= 0.3 is 0 Å². The van der Waals surface area contributed by atoms with Gasteiger partial charge in [-0.15, -0.1) is 11.3 Å². The quantitative estimate of drug-likeness (QED) is 0.708. The van der Waals surface area contributed by atoms with Gasteiger partial charge in [-0.3, -0.25) is 4.79 Å². The second-order valence-corrected chi connectivity index (χ2v) is 10.5. The Labute approximate surface area is 170 Å². The molecule has 4 aliphatic rings. The molecule has 4 saturated carbocycles. The van der Waals surface area contributed by atoms with Crippen molar-refractivity contribution in [1.29, 1.82) is 0 Å². The van der Waals surface area contributed by atoms with Crippen LogP contribution in [0, 0.1) is 30.1 Å². The molecule has 2 aromatic rings. The smallest absolute Gasteiger partial charge is 0.226 e. The zero-order valence-corrected chi connectivity index (χ0v) is 17.5. The minimum absolute atomic E-state index is 0.150. The van der Waals surface area contributed by atoms with Gasteiger partial charge in [0.25, 0.3) is 0 Å². The van der Waals surface area contributed by atoms with Crippen LogP contribution in [0.4, 0.5) is 5.13 Å². The van der Waals surface area contributed by atoms with Crippen molar-refractivity contribution in [3.05, 3.63) is 29.1 Å². The molecule has 0 saturated heterocycles. The van der Waals surface area contributed by atoms with E-state index in [0.717, 1.165) is 44.8 Å². The van der Waals surface area contributed by atoms with E-state index in [1.807, 2.05) is 24.3 Å². The average molecular weight is 397 g/mol. The molecule has 1 amide bonds. The van der Waals surface area contributed by atoms with Gasteiger partial charge in [-0.05, 0) is 92.9 Å². The molecule has 4 bridgehead atoms. The zero-order chi connectivity index (χ0) is 19.3. The number of nitrogens with zero attached hydrogens (tertiary/aromatic N) is 1. The summed E-state index contributed by atoms with van der Waals surface area (Å²) < 4.78 is 5.23. The van der Waals surface area contributed by atoms with E-state index in [1.165, 1.54) is 38.5 Å². The van der Waals surface area contributed by atoms with Gasteiger partial charge in [-0.1, -0.05) is 0 Å². The largest absolute Gasteiger partial charge is 0.497 e. The first-order chi connectivity index (χ1) is 13.5. The number of methoxy groups -OCH3 is 1. The van der Waals surface area contributed by atoms with Crippen molar-refractivity contribution in [2.75, 3.05) is 12.4 Å². The number of hydrogen-bond acceptors (Lipinski definition) is 4. The van der Waals surface area contributed by atoms with Crippen LogP contribution in [0.15, 0.2) is 24.3 Å². The Morgan fingerprint density at radius 1 is 1.14 bits per heavy atom. The Balaban J connectivity index is 1.28. The van der Waals surface area contributed by atoms with Crippen LogP contribution in [-0.2, 0) is 4.79 Å². The predicted octanol–water partition coefficient (Wildman–Crippen LogP) is 5.67. The molecule has 148 valence electrons. The molecule has 4 aliphatic carbocycles. The topological polar surface area (TPSA) is 51.2 Å². The number of rotatable bonds is 5. The number of anilines is 1. The summed E-state index contributed by atoms with van der Waals surface area (Å²) in [7, 11) is 1.67. The number of nitrogens with one attached hydrogen (secondary N) is 1. The van der Waals surface area contributed by atoms with E-state index in [9.17, 15) is 4.79 Å². The predicted molar refractivity (Wildman–Crippen MR) is 113 cm³/mol. The van der Waals surface area contributed by atoms with Crippen LogP contribution in [-0.4, -0.2) is 18.0 Å². The molecule has 1 aromatic heterocycles. The van der Waals surface area contributed by atoms with Crippen molar-refractivity contribution in [2.45, 2.75) is 51.9 Å². The monoisotopic (exact) mass is 396 g/mol. The van der Waals surface area contributed by atoms with E-state index < -0.39 is 0 Å². The molecule has 4 fully saturated rings. The summed E-state index contributed by atoms with van der Waals surface area (Å²) in [6.45, 7) is 2.06. The SMILES string of the molecule is COc1ccc(-c2nc(NC(=O)CC34CC5CC(CC(C5)C3)C4)sc2C)cc1. The van der Waals surface area contributed by atoms with Gasteiger partial charge in [0.2, 0.25) is 5.91 Å². The first-order valence-electron chi connectivity index (χ1n) is 10.4. The van der Waals surface area contributed by atoms with Crippen molar-refractivity contribution >= 4 is 22.4 Å². The lowest BCUT2D eigenvalue weighted by Crippen LogP contribution is -2.47. The first kappa shape index (κ1) is 18.2. The van der Waals surface area contributed by atoms with Crippen molar-refractivity contribution in [3.63, 3.8) is 0 Å². The summed E-state index contributed by atoms with van der Waals surface area (Å²) in [5.41, 5.74) is 2.26. The molecule has 0 radical (unpaired) electrons. The maximum absolute atomic E-state index is 12.9. The van der Waals surface area contributed by atoms with E-state index in [-0.39, 0.29) is 11.3 Å². The van der Waals surface area contributed by atoms with E-state index in [4.69, 9.17) is 9.72 Å². The number of carbonyl (C=O) groups excluding carboxylic acids is 1. The molecule has 0 spiro atoms. The van der Waals surface area contributed by atoms with Crippen LogP contribution in [0.1, 0.15) is 49.8 Å². The van der Waals surface area contributed by atoms with Gasteiger partial charge < -0.3 is 10.1 Å². The van der Waals surface area contributed by atoms with Crippen LogP contribution in [0.5, 0.6) is 5.75 Å². The summed E-state index contributed by atoms with van der Waals surface area (Å²) >= 11 is 1.57. The number of hydrogen-bond donors (Lipinski definition) is 1. The van der Waals surface area contributed by atoms with Crippen molar-refractivity contribution in [3.8, 4) is 17.0 Å². The van der Waals surface area contributed by atoms with E-state index >= 15 is 0 Å². The standard InChI is InChI=1S/C23H28N2O2S/c1-14-21(18-3-5-19(27-2)6-4-18)25-22(28-14)24-20(26)13-23-10-15-7-16(11-23)9-17(8-15)12-23/h3-6,15-17H,7-13H2,1-2H3,(H,24,25,26). The lowest BCUT2D eigenvalue weighted by Gasteiger charge is -2.56. The minimum atomic E-state index is 0.150. The normalized spacial score (nSPS) is 30.4. The van der Waals surface area contributed by atoms with Crippen LogP contribution >= 0.6 is 11.3 Å². The van der Waals surface area contributed by atoms with Crippen LogP contribution < -0.4 is 10.1 Å². The number of ether oxygens (including phenoxy) is 1. The highest BCUT2D eigenvalue weighted by molar-refractivity contribution is 7.16. The number of amides is 1. The van der Waals surface area contributed by atoms with Gasteiger partial charge in [0.1, 0.15) is 5.75 Å². The van der Waals surface area contributed by atoms with Crippen LogP contribution in [0.3, 0.4) is 0 Å². The van der Waals surface area contributed by atoms with Gasteiger partial charge in [-0.25, -0.2) is 4.98 Å². The first-order valence-corrected chi connectivity index (χ1v) is 11.3. The highest BCUT2D eigenvalue weighted by Crippen LogP contribution is 2.61. The molecule has 1 N–H and O–H groups in total. The summed E-state index contributed by atoms with van der Waals surface area (Å²) in [6, 6.07) is 7.92. The highest BCUT2D eigenvalue weighted by atomic mass is 32.1. The fraction of sp³-hybridized carbons (Fsp3) is 0.565. The second kappa shape index (κ2) is 6.87. The molecular weight excluding hydrogens is 368 g/mol. The molecule has 0 aliphatic heterocycles. The maximum atomic E-state index is 12.9. The number of benzene rings is 1. The summed E-state index contributed by atoms with van der Waals surface area (Å²) in [6.07, 6.45) is 8.71. The number of thiazole rings is 1. The third-order valence-corrected chi connectivity index (χ3v) is 7.99. The molecule has 28 heavy (non-hydrogen) atoms. The van der Waals surface area contributed by atoms with Crippen LogP contribution in [0.25, 0.3) is 11.3 Å². The lowest BCUT2D eigenvalue weighted by molar-refractivity contribution is -0.124. The molecule has 1 heterocycles. The molecule has 0 unspecified atom stereocenters. The Morgan fingerprint density at radius 3 is 2.32 bits per heavy atom. The Bertz CT molecular complexity index is 851. The summed E-state index contributed by atoms with van der Waals surface area (Å²) in [5.74, 6) is 3.62. The number of aromatic nitrogens is 1. The van der Waals surface area contributed by atoms with Crippen molar-refractivity contribution < 1.29 is 9.53 Å². The number of aryl methyl sites for hydroxylation is 1. The number of carbonyl (C=O) groups is 1. The molecule has 5 heteroatoms. The van der Waals surface area contributed by atoms with Gasteiger partial charge in [-0.2, -0.15) is 0 Å². The second-order valence-electron chi connectivity index (χ2n) is 9.29. The maximum Gasteiger partial charge on any atom is 0.226 e. The third kappa shape index (κ3) is 3.34. The Morgan fingerprint density at radius 2 is 1.75 bits per heavy atom. The average Bonchev–Trinajstić information content (AvgIpc) is 3.00.